The van der Waals surface area contributed by atoms with E-state index in [9.17, 15) is 4.79 Å². The zero-order valence-corrected chi connectivity index (χ0v) is 8.32. The minimum Gasteiger partial charge on any atom is -0.331 e. The van der Waals surface area contributed by atoms with Crippen LogP contribution in [0.15, 0.2) is 30.9 Å². The Bertz CT molecular complexity index is 469. The first-order valence-corrected chi connectivity index (χ1v) is 4.55. The molecule has 0 radical (unpaired) electrons. The van der Waals surface area contributed by atoms with Gasteiger partial charge < -0.3 is 4.98 Å². The van der Waals surface area contributed by atoms with E-state index < -0.39 is 0 Å². The molecule has 2 N–H and O–H groups in total. The molecule has 0 bridgehead atoms. The Morgan fingerprint density at radius 3 is 3.00 bits per heavy atom. The summed E-state index contributed by atoms with van der Waals surface area (Å²) in [5, 5.41) is 2.90. The van der Waals surface area contributed by atoms with Crippen molar-refractivity contribution in [2.75, 3.05) is 5.32 Å². The van der Waals surface area contributed by atoms with E-state index in [1.807, 2.05) is 0 Å². The molecule has 0 aliphatic rings. The zero-order chi connectivity index (χ0) is 10.7. The number of halogens is 1. The van der Waals surface area contributed by atoms with Gasteiger partial charge in [0.05, 0.1) is 10.6 Å². The second-order valence-electron chi connectivity index (χ2n) is 2.75. The highest BCUT2D eigenvalue weighted by Crippen LogP contribution is 2.14. The Morgan fingerprint density at radius 2 is 2.33 bits per heavy atom. The number of carbonyl (C=O) groups is 1. The highest BCUT2D eigenvalue weighted by atomic mass is 35.5. The summed E-state index contributed by atoms with van der Waals surface area (Å²) in [6.07, 6.45) is 6.08. The van der Waals surface area contributed by atoms with E-state index in [1.165, 1.54) is 12.4 Å². The number of nitrogens with one attached hydrogen (secondary N) is 2. The molecule has 2 aromatic heterocycles. The number of amides is 1. The molecule has 6 heteroatoms. The number of carbonyl (C=O) groups excluding carboxylic acids is 1. The SMILES string of the molecule is O=C(Nc1ncc[nH]1)c1cnccc1Cl. The van der Waals surface area contributed by atoms with Gasteiger partial charge in [-0.3, -0.25) is 15.1 Å². The molecule has 0 saturated carbocycles. The minimum absolute atomic E-state index is 0.315. The van der Waals surface area contributed by atoms with E-state index in [4.69, 9.17) is 11.6 Å². The summed E-state index contributed by atoms with van der Waals surface area (Å²) in [4.78, 5) is 22.1. The van der Waals surface area contributed by atoms with Crippen LogP contribution >= 0.6 is 11.6 Å². The minimum atomic E-state index is -0.344. The van der Waals surface area contributed by atoms with Crippen LogP contribution in [0.5, 0.6) is 0 Å². The molecule has 0 fully saturated rings. The molecule has 0 unspecified atom stereocenters. The number of aromatic amines is 1. The summed E-state index contributed by atoms with van der Waals surface area (Å²) < 4.78 is 0. The molecule has 0 aromatic carbocycles. The van der Waals surface area contributed by atoms with Crippen LogP contribution in [0, 0.1) is 0 Å². The first-order chi connectivity index (χ1) is 7.27. The van der Waals surface area contributed by atoms with Crippen LogP contribution in [-0.4, -0.2) is 20.9 Å². The van der Waals surface area contributed by atoms with Crippen LogP contribution in [-0.2, 0) is 0 Å². The fourth-order valence-corrected chi connectivity index (χ4v) is 1.24. The third kappa shape index (κ3) is 2.13. The van der Waals surface area contributed by atoms with Crippen molar-refractivity contribution in [1.82, 2.24) is 15.0 Å². The highest BCUT2D eigenvalue weighted by Gasteiger charge is 2.10. The van der Waals surface area contributed by atoms with Gasteiger partial charge in [-0.05, 0) is 6.07 Å². The maximum atomic E-state index is 11.6. The topological polar surface area (TPSA) is 70.7 Å². The molecular formula is C9H7ClN4O. The van der Waals surface area contributed by atoms with Crippen molar-refractivity contribution in [2.24, 2.45) is 0 Å². The van der Waals surface area contributed by atoms with Gasteiger partial charge in [0.2, 0.25) is 5.95 Å². The molecule has 0 aliphatic carbocycles. The lowest BCUT2D eigenvalue weighted by Crippen LogP contribution is -2.13. The van der Waals surface area contributed by atoms with E-state index in [0.717, 1.165) is 0 Å². The third-order valence-electron chi connectivity index (χ3n) is 1.74. The highest BCUT2D eigenvalue weighted by molar-refractivity contribution is 6.34. The molecule has 0 atom stereocenters. The van der Waals surface area contributed by atoms with Gasteiger partial charge in [0.15, 0.2) is 0 Å². The van der Waals surface area contributed by atoms with Gasteiger partial charge in [0.25, 0.3) is 5.91 Å². The monoisotopic (exact) mass is 222 g/mol. The van der Waals surface area contributed by atoms with Gasteiger partial charge in [0, 0.05) is 24.8 Å². The number of hydrogen-bond donors (Lipinski definition) is 2. The lowest BCUT2D eigenvalue weighted by molar-refractivity contribution is 0.102. The van der Waals surface area contributed by atoms with Crippen molar-refractivity contribution < 1.29 is 4.79 Å². The predicted molar refractivity (Wildman–Crippen MR) is 55.8 cm³/mol. The zero-order valence-electron chi connectivity index (χ0n) is 7.57. The van der Waals surface area contributed by atoms with Crippen molar-refractivity contribution in [1.29, 1.82) is 0 Å². The number of imidazole rings is 1. The molecule has 2 heterocycles. The number of pyridine rings is 1. The fraction of sp³-hybridized carbons (Fsp3) is 0. The maximum Gasteiger partial charge on any atom is 0.261 e. The van der Waals surface area contributed by atoms with Crippen LogP contribution in [0.2, 0.25) is 5.02 Å². The number of aromatic nitrogens is 3. The van der Waals surface area contributed by atoms with Gasteiger partial charge in [-0.2, -0.15) is 0 Å². The number of hydrogen-bond acceptors (Lipinski definition) is 3. The first kappa shape index (κ1) is 9.67. The van der Waals surface area contributed by atoms with Crippen molar-refractivity contribution in [3.05, 3.63) is 41.4 Å². The Hall–Kier alpha value is -1.88. The molecule has 0 spiro atoms. The van der Waals surface area contributed by atoms with Crippen LogP contribution < -0.4 is 5.32 Å². The predicted octanol–water partition coefficient (Wildman–Crippen LogP) is 1.71. The van der Waals surface area contributed by atoms with E-state index in [1.54, 1.807) is 18.5 Å². The third-order valence-corrected chi connectivity index (χ3v) is 2.07. The van der Waals surface area contributed by atoms with E-state index in [-0.39, 0.29) is 5.91 Å². The average molecular weight is 223 g/mol. The second kappa shape index (κ2) is 4.10. The Balaban J connectivity index is 2.19. The second-order valence-corrected chi connectivity index (χ2v) is 3.15. The van der Waals surface area contributed by atoms with Crippen LogP contribution in [0.25, 0.3) is 0 Å². The molecular weight excluding hydrogens is 216 g/mol. The quantitative estimate of drug-likeness (QED) is 0.813. The van der Waals surface area contributed by atoms with E-state index >= 15 is 0 Å². The van der Waals surface area contributed by atoms with E-state index in [0.29, 0.717) is 16.5 Å². The summed E-state index contributed by atoms with van der Waals surface area (Å²) in [6, 6.07) is 1.55. The maximum absolute atomic E-state index is 11.6. The fourth-order valence-electron chi connectivity index (χ4n) is 1.05. The van der Waals surface area contributed by atoms with Gasteiger partial charge in [0.1, 0.15) is 0 Å². The van der Waals surface area contributed by atoms with Gasteiger partial charge in [-0.25, -0.2) is 4.98 Å². The summed E-state index contributed by atoms with van der Waals surface area (Å²) in [7, 11) is 0. The van der Waals surface area contributed by atoms with E-state index in [2.05, 4.69) is 20.3 Å². The lowest BCUT2D eigenvalue weighted by Gasteiger charge is -2.02. The van der Waals surface area contributed by atoms with Crippen molar-refractivity contribution in [2.45, 2.75) is 0 Å². The molecule has 1 amide bonds. The number of rotatable bonds is 2. The Morgan fingerprint density at radius 1 is 1.47 bits per heavy atom. The van der Waals surface area contributed by atoms with Gasteiger partial charge >= 0.3 is 0 Å². The number of nitrogens with zero attached hydrogens (tertiary/aromatic N) is 2. The van der Waals surface area contributed by atoms with Crippen LogP contribution in [0.1, 0.15) is 10.4 Å². The Labute approximate surface area is 90.5 Å². The summed E-state index contributed by atoms with van der Waals surface area (Å²) in [5.74, 6) is 0.0305. The van der Waals surface area contributed by atoms with Crippen LogP contribution in [0.4, 0.5) is 5.95 Å². The smallest absolute Gasteiger partial charge is 0.261 e. The Kier molecular flexibility index (Phi) is 2.64. The first-order valence-electron chi connectivity index (χ1n) is 4.17. The largest absolute Gasteiger partial charge is 0.331 e. The van der Waals surface area contributed by atoms with Crippen LogP contribution in [0.3, 0.4) is 0 Å². The molecule has 0 saturated heterocycles. The standard InChI is InChI=1S/C9H7ClN4O/c10-7-1-2-11-5-6(7)8(15)14-9-12-3-4-13-9/h1-5H,(H2,12,13,14,15). The van der Waals surface area contributed by atoms with Gasteiger partial charge in [-0.1, -0.05) is 11.6 Å². The summed E-state index contributed by atoms with van der Waals surface area (Å²) >= 11 is 5.83. The molecule has 2 aromatic rings. The molecule has 5 nitrogen and oxygen atoms in total. The van der Waals surface area contributed by atoms with Crippen molar-refractivity contribution in [3.63, 3.8) is 0 Å². The normalized spacial score (nSPS) is 9.93. The van der Waals surface area contributed by atoms with Gasteiger partial charge in [-0.15, -0.1) is 0 Å². The molecule has 76 valence electrons. The average Bonchev–Trinajstić information content (AvgIpc) is 2.71. The summed E-state index contributed by atoms with van der Waals surface area (Å²) in [5.41, 5.74) is 0.315. The lowest BCUT2D eigenvalue weighted by atomic mass is 10.3. The number of H-pyrrole nitrogens is 1. The number of anilines is 1. The van der Waals surface area contributed by atoms with Crippen molar-refractivity contribution in [3.8, 4) is 0 Å². The molecule has 0 aliphatic heterocycles. The van der Waals surface area contributed by atoms with Crippen molar-refractivity contribution >= 4 is 23.5 Å². The molecule has 15 heavy (non-hydrogen) atoms. The summed E-state index contributed by atoms with van der Waals surface area (Å²) in [6.45, 7) is 0. The molecule has 2 rings (SSSR count).